The molecule has 0 saturated carbocycles. The molecular formula is C90H98O18S6. The van der Waals surface area contributed by atoms with Gasteiger partial charge in [-0.1, -0.05) is 72.8 Å². The lowest BCUT2D eigenvalue weighted by atomic mass is 10.0. The van der Waals surface area contributed by atoms with Crippen molar-refractivity contribution in [1.82, 2.24) is 0 Å². The highest BCUT2D eigenvalue weighted by Gasteiger charge is 2.27. The Kier molecular flexibility index (Phi) is 34.8. The van der Waals surface area contributed by atoms with Crippen LogP contribution in [-0.4, -0.2) is 201 Å². The molecule has 0 atom stereocenters. The van der Waals surface area contributed by atoms with Crippen molar-refractivity contribution in [2.45, 2.75) is 0 Å². The smallest absolute Gasteiger partial charge is 0.119 e. The van der Waals surface area contributed by atoms with E-state index in [1.165, 1.54) is 4.88 Å². The van der Waals surface area contributed by atoms with Crippen molar-refractivity contribution in [3.8, 4) is 150 Å². The van der Waals surface area contributed by atoms with Crippen LogP contribution in [0, 0.1) is 0 Å². The second-order valence-electron chi connectivity index (χ2n) is 25.6. The van der Waals surface area contributed by atoms with Gasteiger partial charge in [0.15, 0.2) is 0 Å². The Balaban J connectivity index is 0.971. The van der Waals surface area contributed by atoms with E-state index in [4.69, 9.17) is 85.3 Å². The van der Waals surface area contributed by atoms with E-state index in [9.17, 15) is 0 Å². The summed E-state index contributed by atoms with van der Waals surface area (Å²) in [6.45, 7) is 11.4. The Labute approximate surface area is 692 Å². The van der Waals surface area contributed by atoms with Crippen molar-refractivity contribution in [2.24, 2.45) is 0 Å². The maximum absolute atomic E-state index is 6.29. The van der Waals surface area contributed by atoms with Crippen molar-refractivity contribution in [2.75, 3.05) is 201 Å². The average Bonchev–Trinajstić information content (AvgIpc) is 1.60. The van der Waals surface area contributed by atoms with Gasteiger partial charge in [0.2, 0.25) is 0 Å². The number of hydrogen-bond acceptors (Lipinski definition) is 24. The van der Waals surface area contributed by atoms with Gasteiger partial charge in [0, 0.05) is 94.9 Å². The maximum Gasteiger partial charge on any atom is 0.119 e. The molecule has 0 aliphatic heterocycles. The first-order chi connectivity index (χ1) is 56.3. The van der Waals surface area contributed by atoms with Crippen LogP contribution in [0.25, 0.3) is 116 Å². The second kappa shape index (κ2) is 46.5. The molecule has 114 heavy (non-hydrogen) atoms. The average molecular weight is 1660 g/mol. The minimum atomic E-state index is 0.397. The minimum absolute atomic E-state index is 0.397. The number of hydrogen-bond donors (Lipinski definition) is 0. The van der Waals surface area contributed by atoms with Crippen LogP contribution >= 0.6 is 68.0 Å². The largest absolute Gasteiger partial charge is 0.491 e. The number of ether oxygens (including phenoxy) is 18. The SMILES string of the molecule is COCCOCCOc1ccc(-c2csc(-c3sc(-c4sc(-c5sc(-c6sc(-c7sccc7-c7ccc(OCCOCCOC)cc7)cc6-c6ccc(OCCOCCOC)cc6)cc5-c5ccc(OCCOCCOC)cc5)cc4-c4ccc(OCCOCCOC)cc4)cc3-c3ccc(OCCOCCOC)cc3)c2)cc1. The molecule has 0 saturated heterocycles. The van der Waals surface area contributed by atoms with E-state index in [0.717, 1.165) is 145 Å². The number of benzene rings is 6. The molecule has 0 fully saturated rings. The standard InChI is InChI=1S/C90H98O18S6/c1-91-32-38-97-44-50-103-70-19-7-63(8-20-70)69-57-81(110-62-69)87-77(65-11-23-72(24-12-65)105-52-46-99-40-34-93-3)59-83(112-87)89-79(67-15-27-74(28-16-67)107-54-48-101-42-36-95-5)61-85(114-89)90-80(68-17-29-75(30-18-68)108-55-49-102-43-37-96-6)60-84(113-90)88-78(66-13-25-73(26-14-66)106-53-47-100-41-35-94-4)58-82(111-88)86-76(31-56-109-86)64-9-21-71(22-10-64)104-51-45-98-39-33-92-2/h7-31,56-62H,32-55H2,1-6H3. The van der Waals surface area contributed by atoms with Gasteiger partial charge >= 0.3 is 0 Å². The first-order valence-corrected chi connectivity index (χ1v) is 42.9. The van der Waals surface area contributed by atoms with Crippen LogP contribution in [0.4, 0.5) is 0 Å². The summed E-state index contributed by atoms with van der Waals surface area (Å²) in [5, 5.41) is 4.43. The Morgan fingerprint density at radius 3 is 0.684 bits per heavy atom. The second-order valence-corrected chi connectivity index (χ2v) is 31.7. The molecule has 6 heterocycles. The van der Waals surface area contributed by atoms with Gasteiger partial charge < -0.3 is 85.3 Å². The van der Waals surface area contributed by atoms with E-state index < -0.39 is 0 Å². The molecule has 0 spiro atoms. The monoisotopic (exact) mass is 1660 g/mol. The van der Waals surface area contributed by atoms with Crippen molar-refractivity contribution in [3.63, 3.8) is 0 Å². The maximum atomic E-state index is 6.29. The van der Waals surface area contributed by atoms with E-state index in [-0.39, 0.29) is 0 Å². The van der Waals surface area contributed by atoms with Gasteiger partial charge in [-0.2, -0.15) is 0 Å². The van der Waals surface area contributed by atoms with Gasteiger partial charge in [0.25, 0.3) is 0 Å². The predicted octanol–water partition coefficient (Wildman–Crippen LogP) is 20.6. The fourth-order valence-corrected chi connectivity index (χ4v) is 19.3. The molecule has 12 aromatic rings. The fourth-order valence-electron chi connectivity index (χ4n) is 12.1. The summed E-state index contributed by atoms with van der Waals surface area (Å²) in [5.41, 5.74) is 13.0. The molecule has 24 heteroatoms. The highest BCUT2D eigenvalue weighted by molar-refractivity contribution is 7.31. The lowest BCUT2D eigenvalue weighted by Crippen LogP contribution is -2.09. The minimum Gasteiger partial charge on any atom is -0.491 e. The number of methoxy groups -OCH3 is 6. The summed E-state index contributed by atoms with van der Waals surface area (Å²) in [6, 6.07) is 64.4. The molecule has 0 aliphatic carbocycles. The molecule has 12 rings (SSSR count). The van der Waals surface area contributed by atoms with E-state index >= 15 is 0 Å². The van der Waals surface area contributed by atoms with E-state index in [1.807, 2.05) is 70.4 Å². The third kappa shape index (κ3) is 24.7. The first-order valence-electron chi connectivity index (χ1n) is 37.8. The molecule has 6 aromatic heterocycles. The third-order valence-corrected chi connectivity index (χ3v) is 25.2. The summed E-state index contributed by atoms with van der Waals surface area (Å²) in [5.74, 6) is 4.57. The molecule has 0 N–H and O–H groups in total. The van der Waals surface area contributed by atoms with Gasteiger partial charge in [-0.25, -0.2) is 0 Å². The van der Waals surface area contributed by atoms with Gasteiger partial charge in [-0.3, -0.25) is 0 Å². The van der Waals surface area contributed by atoms with Crippen LogP contribution in [0.3, 0.4) is 0 Å². The Morgan fingerprint density at radius 1 is 0.193 bits per heavy atom. The lowest BCUT2D eigenvalue weighted by molar-refractivity contribution is 0.0544. The van der Waals surface area contributed by atoms with Crippen LogP contribution in [0.1, 0.15) is 0 Å². The lowest BCUT2D eigenvalue weighted by Gasteiger charge is -2.08. The Hall–Kier alpha value is -8.16. The number of rotatable bonds is 53. The molecule has 0 radical (unpaired) electrons. The topological polar surface area (TPSA) is 166 Å². The third-order valence-electron chi connectivity index (χ3n) is 17.9. The van der Waals surface area contributed by atoms with Gasteiger partial charge in [0.1, 0.15) is 74.1 Å². The zero-order chi connectivity index (χ0) is 78.7. The quantitative estimate of drug-likeness (QED) is 0.0330. The van der Waals surface area contributed by atoms with Crippen molar-refractivity contribution in [3.05, 3.63) is 193 Å². The van der Waals surface area contributed by atoms with Crippen LogP contribution in [-0.2, 0) is 56.8 Å². The zero-order valence-corrected chi connectivity index (χ0v) is 70.1. The molecule has 0 aliphatic rings. The number of thiophene rings is 6. The van der Waals surface area contributed by atoms with E-state index in [1.54, 1.807) is 76.7 Å². The summed E-state index contributed by atoms with van der Waals surface area (Å²) in [6.07, 6.45) is 0. The molecule has 18 nitrogen and oxygen atoms in total. The molecule has 6 aromatic carbocycles. The zero-order valence-electron chi connectivity index (χ0n) is 65.2. The van der Waals surface area contributed by atoms with Crippen molar-refractivity contribution < 1.29 is 85.3 Å². The van der Waals surface area contributed by atoms with Crippen LogP contribution in [0.5, 0.6) is 34.5 Å². The summed E-state index contributed by atoms with van der Waals surface area (Å²) in [7, 11) is 10.0. The highest BCUT2D eigenvalue weighted by Crippen LogP contribution is 2.57. The van der Waals surface area contributed by atoms with Crippen LogP contribution in [0.15, 0.2) is 193 Å². The van der Waals surface area contributed by atoms with Crippen molar-refractivity contribution >= 4 is 68.0 Å². The summed E-state index contributed by atoms with van der Waals surface area (Å²) < 4.78 is 103. The first kappa shape index (κ1) is 85.2. The van der Waals surface area contributed by atoms with Crippen molar-refractivity contribution in [1.29, 1.82) is 0 Å². The van der Waals surface area contributed by atoms with E-state index in [0.29, 0.717) is 159 Å². The molecule has 602 valence electrons. The predicted molar refractivity (Wildman–Crippen MR) is 463 cm³/mol. The molecule has 0 amide bonds. The Morgan fingerprint density at radius 2 is 0.421 bits per heavy atom. The van der Waals surface area contributed by atoms with Gasteiger partial charge in [-0.15, -0.1) is 68.0 Å². The van der Waals surface area contributed by atoms with Gasteiger partial charge in [-0.05, 0) is 159 Å². The normalized spacial score (nSPS) is 11.5. The molecular weight excluding hydrogens is 1560 g/mol. The van der Waals surface area contributed by atoms with Gasteiger partial charge in [0.05, 0.1) is 143 Å². The fraction of sp³-hybridized carbons (Fsp3) is 0.333. The molecule has 0 bridgehead atoms. The van der Waals surface area contributed by atoms with Crippen LogP contribution < -0.4 is 28.4 Å². The Bertz CT molecular complexity index is 4740. The highest BCUT2D eigenvalue weighted by atomic mass is 32.1. The summed E-state index contributed by atoms with van der Waals surface area (Å²) >= 11 is 10.7. The molecule has 0 unspecified atom stereocenters. The summed E-state index contributed by atoms with van der Waals surface area (Å²) in [4.78, 5) is 11.4. The van der Waals surface area contributed by atoms with Crippen LogP contribution in [0.2, 0.25) is 0 Å². The van der Waals surface area contributed by atoms with E-state index in [2.05, 4.69) is 156 Å².